The number of piperidine rings is 1. The Labute approximate surface area is 154 Å². The molecular weight excluding hydrogens is 322 g/mol. The Morgan fingerprint density at radius 3 is 2.38 bits per heavy atom. The molecule has 1 heterocycles. The Kier molecular flexibility index (Phi) is 3.53. The van der Waals surface area contributed by atoms with Crippen molar-refractivity contribution < 1.29 is 9.53 Å². The lowest BCUT2D eigenvalue weighted by molar-refractivity contribution is 0.0786. The predicted molar refractivity (Wildman–Crippen MR) is 101 cm³/mol. The molecule has 3 nitrogen and oxygen atoms in total. The van der Waals surface area contributed by atoms with Gasteiger partial charge in [0, 0.05) is 12.0 Å². The molecule has 1 saturated heterocycles. The van der Waals surface area contributed by atoms with E-state index >= 15 is 0 Å². The molecule has 3 atom stereocenters. The van der Waals surface area contributed by atoms with Gasteiger partial charge < -0.3 is 4.74 Å². The molecule has 1 saturated carbocycles. The van der Waals surface area contributed by atoms with Gasteiger partial charge in [0.1, 0.15) is 6.61 Å². The Hall–Kier alpha value is -2.73. The molecule has 0 N–H and O–H groups in total. The van der Waals surface area contributed by atoms with E-state index in [4.69, 9.17) is 11.2 Å². The molecule has 2 aliphatic carbocycles. The Morgan fingerprint density at radius 2 is 1.73 bits per heavy atom. The second kappa shape index (κ2) is 5.92. The third-order valence-electron chi connectivity index (χ3n) is 6.30. The van der Waals surface area contributed by atoms with Crippen LogP contribution in [0, 0.1) is 18.3 Å². The second-order valence-electron chi connectivity index (χ2n) is 7.55. The molecule has 3 heteroatoms. The molecule has 0 unspecified atom stereocenters. The highest BCUT2D eigenvalue weighted by Crippen LogP contribution is 2.45. The average Bonchev–Trinajstić information content (AvgIpc) is 3.37. The van der Waals surface area contributed by atoms with Gasteiger partial charge in [-0.15, -0.1) is 6.42 Å². The highest BCUT2D eigenvalue weighted by atomic mass is 16.6. The lowest BCUT2D eigenvalue weighted by Gasteiger charge is -2.31. The fraction of sp³-hybridized carbons (Fsp3) is 0.348. The van der Waals surface area contributed by atoms with Crippen LogP contribution in [0.1, 0.15) is 36.3 Å². The van der Waals surface area contributed by atoms with Gasteiger partial charge in [-0.05, 0) is 47.4 Å². The van der Waals surface area contributed by atoms with E-state index in [1.54, 1.807) is 0 Å². The average molecular weight is 343 g/mol. The van der Waals surface area contributed by atoms with E-state index in [0.717, 1.165) is 19.3 Å². The molecule has 26 heavy (non-hydrogen) atoms. The zero-order chi connectivity index (χ0) is 17.7. The van der Waals surface area contributed by atoms with Crippen molar-refractivity contribution >= 4 is 6.09 Å². The van der Waals surface area contributed by atoms with Crippen LogP contribution in [-0.4, -0.2) is 29.7 Å². The molecule has 1 amide bonds. The van der Waals surface area contributed by atoms with E-state index < -0.39 is 0 Å². The number of fused-ring (bicyclic) bond motifs is 5. The fourth-order valence-electron chi connectivity index (χ4n) is 5.13. The first-order chi connectivity index (χ1) is 12.8. The minimum atomic E-state index is -0.248. The largest absolute Gasteiger partial charge is 0.448 e. The van der Waals surface area contributed by atoms with Crippen LogP contribution in [0.5, 0.6) is 0 Å². The van der Waals surface area contributed by atoms with Crippen molar-refractivity contribution in [3.8, 4) is 23.5 Å². The van der Waals surface area contributed by atoms with E-state index in [1.807, 2.05) is 17.0 Å². The van der Waals surface area contributed by atoms with Gasteiger partial charge in [0.05, 0.1) is 6.04 Å². The summed E-state index contributed by atoms with van der Waals surface area (Å²) in [4.78, 5) is 14.6. The number of carbonyl (C=O) groups is 1. The molecule has 2 aromatic carbocycles. The minimum Gasteiger partial charge on any atom is -0.448 e. The third-order valence-corrected chi connectivity index (χ3v) is 6.30. The fourth-order valence-corrected chi connectivity index (χ4v) is 5.13. The Bertz CT molecular complexity index is 867. The van der Waals surface area contributed by atoms with Crippen molar-refractivity contribution in [3.05, 3.63) is 59.7 Å². The maximum atomic E-state index is 12.8. The van der Waals surface area contributed by atoms with Gasteiger partial charge in [-0.25, -0.2) is 4.79 Å². The van der Waals surface area contributed by atoms with Crippen molar-refractivity contribution in [2.45, 2.75) is 37.3 Å². The molecule has 3 aliphatic rings. The summed E-state index contributed by atoms with van der Waals surface area (Å²) in [5.41, 5.74) is 4.95. The number of nitrogens with zero attached hydrogens (tertiary/aromatic N) is 1. The van der Waals surface area contributed by atoms with Gasteiger partial charge in [0.15, 0.2) is 0 Å². The molecule has 5 rings (SSSR count). The number of hydrogen-bond acceptors (Lipinski definition) is 2. The SMILES string of the molecule is C#C[C@@H]1[C@H]2CC[C@H](C2)N1C(=O)OCC1c2ccccc2-c2ccccc21. The van der Waals surface area contributed by atoms with Gasteiger partial charge in [0.2, 0.25) is 0 Å². The number of hydrogen-bond donors (Lipinski definition) is 0. The molecule has 0 radical (unpaired) electrons. The molecule has 130 valence electrons. The molecular formula is C23H21NO2. The zero-order valence-electron chi connectivity index (χ0n) is 14.6. The Balaban J connectivity index is 1.38. The normalized spacial score (nSPS) is 25.7. The van der Waals surface area contributed by atoms with Crippen LogP contribution in [0.15, 0.2) is 48.5 Å². The quantitative estimate of drug-likeness (QED) is 0.756. The van der Waals surface area contributed by atoms with Crippen molar-refractivity contribution in [2.24, 2.45) is 5.92 Å². The Morgan fingerprint density at radius 1 is 1.08 bits per heavy atom. The lowest BCUT2D eigenvalue weighted by atomic mass is 9.98. The monoisotopic (exact) mass is 343 g/mol. The predicted octanol–water partition coefficient (Wildman–Crippen LogP) is 4.42. The first-order valence-electron chi connectivity index (χ1n) is 9.37. The number of amides is 1. The summed E-state index contributed by atoms with van der Waals surface area (Å²) >= 11 is 0. The third kappa shape index (κ3) is 2.18. The summed E-state index contributed by atoms with van der Waals surface area (Å²) in [5.74, 6) is 3.35. The van der Waals surface area contributed by atoms with Crippen molar-refractivity contribution in [1.29, 1.82) is 0 Å². The molecule has 2 bridgehead atoms. The van der Waals surface area contributed by atoms with Gasteiger partial charge in [-0.3, -0.25) is 4.90 Å². The van der Waals surface area contributed by atoms with Crippen LogP contribution in [0.3, 0.4) is 0 Å². The van der Waals surface area contributed by atoms with E-state index in [2.05, 4.69) is 42.3 Å². The van der Waals surface area contributed by atoms with Crippen molar-refractivity contribution in [2.75, 3.05) is 6.61 Å². The lowest BCUT2D eigenvalue weighted by Crippen LogP contribution is -2.44. The molecule has 1 aliphatic heterocycles. The zero-order valence-corrected chi connectivity index (χ0v) is 14.6. The van der Waals surface area contributed by atoms with Gasteiger partial charge in [-0.2, -0.15) is 0 Å². The number of ether oxygens (including phenoxy) is 1. The molecule has 0 aromatic heterocycles. The van der Waals surface area contributed by atoms with Crippen LogP contribution in [0.25, 0.3) is 11.1 Å². The maximum Gasteiger partial charge on any atom is 0.411 e. The summed E-state index contributed by atoms with van der Waals surface area (Å²) in [7, 11) is 0. The number of terminal acetylenes is 1. The number of rotatable bonds is 2. The summed E-state index contributed by atoms with van der Waals surface area (Å²) in [6.45, 7) is 0.359. The first-order valence-corrected chi connectivity index (χ1v) is 9.37. The summed E-state index contributed by atoms with van der Waals surface area (Å²) < 4.78 is 5.80. The molecule has 2 aromatic rings. The first kappa shape index (κ1) is 15.5. The van der Waals surface area contributed by atoms with Gasteiger partial charge in [-0.1, -0.05) is 54.5 Å². The highest BCUT2D eigenvalue weighted by Gasteiger charge is 2.48. The summed E-state index contributed by atoms with van der Waals surface area (Å²) in [5, 5.41) is 0. The van der Waals surface area contributed by atoms with E-state index in [9.17, 15) is 4.79 Å². The van der Waals surface area contributed by atoms with Crippen LogP contribution in [0.4, 0.5) is 4.79 Å². The van der Waals surface area contributed by atoms with E-state index in [0.29, 0.717) is 12.5 Å². The van der Waals surface area contributed by atoms with Crippen LogP contribution in [-0.2, 0) is 4.74 Å². The van der Waals surface area contributed by atoms with E-state index in [-0.39, 0.29) is 24.1 Å². The standard InChI is InChI=1S/C23H21NO2/c1-2-22-15-11-12-16(13-15)24(22)23(25)26-14-21-19-9-5-3-7-17(19)18-8-4-6-10-20(18)21/h1,3-10,15-16,21-22H,11-14H2/t15-,16+,22+/m0/s1. The molecule has 2 fully saturated rings. The van der Waals surface area contributed by atoms with Crippen LogP contribution < -0.4 is 0 Å². The van der Waals surface area contributed by atoms with Gasteiger partial charge >= 0.3 is 6.09 Å². The number of benzene rings is 2. The van der Waals surface area contributed by atoms with Crippen molar-refractivity contribution in [3.63, 3.8) is 0 Å². The summed E-state index contributed by atoms with van der Waals surface area (Å²) in [6, 6.07) is 16.9. The van der Waals surface area contributed by atoms with Crippen LogP contribution >= 0.6 is 0 Å². The van der Waals surface area contributed by atoms with Gasteiger partial charge in [0.25, 0.3) is 0 Å². The van der Waals surface area contributed by atoms with E-state index in [1.165, 1.54) is 22.3 Å². The maximum absolute atomic E-state index is 12.8. The topological polar surface area (TPSA) is 29.5 Å². The highest BCUT2D eigenvalue weighted by molar-refractivity contribution is 5.79. The number of carbonyl (C=O) groups excluding carboxylic acids is 1. The minimum absolute atomic E-state index is 0.0930. The molecule has 0 spiro atoms. The smallest absolute Gasteiger partial charge is 0.411 e. The summed E-state index contributed by atoms with van der Waals surface area (Å²) in [6.07, 6.45) is 8.65. The van der Waals surface area contributed by atoms with Crippen molar-refractivity contribution in [1.82, 2.24) is 4.90 Å². The second-order valence-corrected chi connectivity index (χ2v) is 7.55. The van der Waals surface area contributed by atoms with Crippen LogP contribution in [0.2, 0.25) is 0 Å². The number of likely N-dealkylation sites (tertiary alicyclic amines) is 1.